The molecule has 2 unspecified atom stereocenters. The Bertz CT molecular complexity index is 406. The number of amides is 3. The molecule has 0 bridgehead atoms. The average molecular weight is 359 g/mol. The van der Waals surface area contributed by atoms with Crippen LogP contribution in [0.2, 0.25) is 0 Å². The summed E-state index contributed by atoms with van der Waals surface area (Å²) in [5, 5.41) is 16.9. The molecule has 2 atom stereocenters. The Morgan fingerprint density at radius 3 is 2.33 bits per heavy atom. The number of urea groups is 1. The van der Waals surface area contributed by atoms with Crippen molar-refractivity contribution in [1.29, 1.82) is 0 Å². The average Bonchev–Trinajstić information content (AvgIpc) is 3.08. The normalized spacial score (nSPS) is 21.1. The number of carboxylic acids is 1. The van der Waals surface area contributed by atoms with Gasteiger partial charge < -0.3 is 21.1 Å². The summed E-state index contributed by atoms with van der Waals surface area (Å²) in [6.45, 7) is 2.70. The Hall–Kier alpha value is -1.44. The van der Waals surface area contributed by atoms with Crippen molar-refractivity contribution in [2.45, 2.75) is 64.0 Å². The summed E-state index contributed by atoms with van der Waals surface area (Å²) in [4.78, 5) is 32.0. The van der Waals surface area contributed by atoms with Gasteiger partial charge in [0.2, 0.25) is 5.91 Å². The maximum absolute atomic E-state index is 11.2. The molecule has 8 heteroatoms. The van der Waals surface area contributed by atoms with E-state index in [0.29, 0.717) is 31.5 Å². The second kappa shape index (κ2) is 12.0. The molecule has 4 N–H and O–H groups in total. The minimum atomic E-state index is -0.774. The van der Waals surface area contributed by atoms with Crippen LogP contribution in [-0.2, 0) is 9.59 Å². The first-order chi connectivity index (χ1) is 11.5. The predicted octanol–water partition coefficient (Wildman–Crippen LogP) is 1.72. The summed E-state index contributed by atoms with van der Waals surface area (Å²) in [6, 6.07) is 0.815. The van der Waals surface area contributed by atoms with Gasteiger partial charge in [0.15, 0.2) is 0 Å². The van der Waals surface area contributed by atoms with Gasteiger partial charge in [0, 0.05) is 30.9 Å². The largest absolute Gasteiger partial charge is 0.481 e. The molecule has 0 aromatic heterocycles. The summed E-state index contributed by atoms with van der Waals surface area (Å²) < 4.78 is 0. The molecule has 0 aromatic rings. The minimum Gasteiger partial charge on any atom is -0.481 e. The van der Waals surface area contributed by atoms with E-state index in [9.17, 15) is 14.4 Å². The van der Waals surface area contributed by atoms with E-state index in [1.165, 1.54) is 0 Å². The van der Waals surface area contributed by atoms with E-state index in [4.69, 9.17) is 5.11 Å². The van der Waals surface area contributed by atoms with E-state index >= 15 is 0 Å². The van der Waals surface area contributed by atoms with Crippen molar-refractivity contribution < 1.29 is 19.5 Å². The number of carboxylic acid groups (broad SMARTS) is 1. The van der Waals surface area contributed by atoms with Crippen LogP contribution in [0.25, 0.3) is 0 Å². The molecule has 3 amide bonds. The van der Waals surface area contributed by atoms with Crippen LogP contribution in [0.15, 0.2) is 0 Å². The van der Waals surface area contributed by atoms with Gasteiger partial charge in [-0.1, -0.05) is 19.8 Å². The third-order valence-corrected chi connectivity index (χ3v) is 5.05. The van der Waals surface area contributed by atoms with Gasteiger partial charge in [-0.15, -0.1) is 0 Å². The Labute approximate surface area is 147 Å². The van der Waals surface area contributed by atoms with Crippen molar-refractivity contribution in [1.82, 2.24) is 16.0 Å². The molecule has 2 rings (SSSR count). The van der Waals surface area contributed by atoms with Gasteiger partial charge in [-0.05, 0) is 19.3 Å². The molecule has 2 fully saturated rings. The number of rotatable bonds is 9. The van der Waals surface area contributed by atoms with Crippen molar-refractivity contribution in [3.63, 3.8) is 0 Å². The molecule has 2 heterocycles. The fourth-order valence-corrected chi connectivity index (χ4v) is 3.75. The summed E-state index contributed by atoms with van der Waals surface area (Å²) in [7, 11) is 0. The van der Waals surface area contributed by atoms with Crippen LogP contribution < -0.4 is 16.0 Å². The fraction of sp³-hybridized carbons (Fsp3) is 0.812. The molecule has 0 radical (unpaired) electrons. The highest BCUT2D eigenvalue weighted by atomic mass is 32.2. The Balaban J connectivity index is 0.000000267. The SMILES string of the molecule is CCCCCC(=O)NCCCCC(=O)O.O=C1NC2CSCC2N1. The van der Waals surface area contributed by atoms with Gasteiger partial charge in [-0.3, -0.25) is 9.59 Å². The van der Waals surface area contributed by atoms with Crippen molar-refractivity contribution in [3.8, 4) is 0 Å². The summed E-state index contributed by atoms with van der Waals surface area (Å²) in [6.07, 6.45) is 5.30. The van der Waals surface area contributed by atoms with Crippen LogP contribution >= 0.6 is 11.8 Å². The maximum atomic E-state index is 11.2. The Kier molecular flexibility index (Phi) is 10.3. The molecule has 2 aliphatic heterocycles. The lowest BCUT2D eigenvalue weighted by atomic mass is 10.2. The molecule has 138 valence electrons. The first-order valence-electron chi connectivity index (χ1n) is 8.66. The lowest BCUT2D eigenvalue weighted by Gasteiger charge is -2.03. The highest BCUT2D eigenvalue weighted by Crippen LogP contribution is 2.20. The minimum absolute atomic E-state index is 0.00491. The van der Waals surface area contributed by atoms with Crippen LogP contribution in [0.5, 0.6) is 0 Å². The maximum Gasteiger partial charge on any atom is 0.315 e. The van der Waals surface area contributed by atoms with Crippen LogP contribution in [0.1, 0.15) is 51.9 Å². The number of carbonyl (C=O) groups is 3. The van der Waals surface area contributed by atoms with Gasteiger partial charge in [0.25, 0.3) is 0 Å². The number of aliphatic carboxylic acids is 1. The zero-order valence-corrected chi connectivity index (χ0v) is 15.1. The second-order valence-electron chi connectivity index (χ2n) is 6.03. The first kappa shape index (κ1) is 20.6. The van der Waals surface area contributed by atoms with Crippen LogP contribution in [0.3, 0.4) is 0 Å². The number of thioether (sulfide) groups is 1. The monoisotopic (exact) mass is 359 g/mol. The van der Waals surface area contributed by atoms with Gasteiger partial charge in [0.05, 0.1) is 12.1 Å². The zero-order chi connectivity index (χ0) is 17.8. The molecule has 24 heavy (non-hydrogen) atoms. The third-order valence-electron chi connectivity index (χ3n) is 3.86. The number of carbonyl (C=O) groups excluding carboxylic acids is 2. The molecule has 2 saturated heterocycles. The van der Waals surface area contributed by atoms with Gasteiger partial charge in [-0.25, -0.2) is 4.79 Å². The van der Waals surface area contributed by atoms with Crippen LogP contribution in [-0.4, -0.2) is 53.1 Å². The number of hydrogen-bond acceptors (Lipinski definition) is 4. The Morgan fingerprint density at radius 2 is 1.75 bits per heavy atom. The number of fused-ring (bicyclic) bond motifs is 1. The lowest BCUT2D eigenvalue weighted by Crippen LogP contribution is -2.31. The first-order valence-corrected chi connectivity index (χ1v) is 9.81. The summed E-state index contributed by atoms with van der Waals surface area (Å²) in [5.41, 5.74) is 0. The second-order valence-corrected chi connectivity index (χ2v) is 7.10. The van der Waals surface area contributed by atoms with Crippen molar-refractivity contribution >= 4 is 29.7 Å². The van der Waals surface area contributed by atoms with E-state index in [0.717, 1.165) is 37.2 Å². The highest BCUT2D eigenvalue weighted by Gasteiger charge is 2.35. The van der Waals surface area contributed by atoms with E-state index in [1.807, 2.05) is 11.8 Å². The van der Waals surface area contributed by atoms with E-state index in [2.05, 4.69) is 22.9 Å². The molecule has 0 aromatic carbocycles. The quantitative estimate of drug-likeness (QED) is 0.370. The molecule has 0 spiro atoms. The Morgan fingerprint density at radius 1 is 1.12 bits per heavy atom. The van der Waals surface area contributed by atoms with Crippen molar-refractivity contribution in [3.05, 3.63) is 0 Å². The number of unbranched alkanes of at least 4 members (excludes halogenated alkanes) is 3. The van der Waals surface area contributed by atoms with Crippen molar-refractivity contribution in [2.24, 2.45) is 0 Å². The van der Waals surface area contributed by atoms with Gasteiger partial charge in [0.1, 0.15) is 0 Å². The molecule has 2 aliphatic rings. The summed E-state index contributed by atoms with van der Waals surface area (Å²) in [5.74, 6) is 1.45. The molecular formula is C16H29N3O4S. The summed E-state index contributed by atoms with van der Waals surface area (Å²) >= 11 is 1.89. The molecule has 7 nitrogen and oxygen atoms in total. The highest BCUT2D eigenvalue weighted by molar-refractivity contribution is 7.99. The topological polar surface area (TPSA) is 108 Å². The molecular weight excluding hydrogens is 330 g/mol. The van der Waals surface area contributed by atoms with E-state index < -0.39 is 5.97 Å². The predicted molar refractivity (Wildman–Crippen MR) is 95.2 cm³/mol. The molecule has 0 aliphatic carbocycles. The smallest absolute Gasteiger partial charge is 0.315 e. The van der Waals surface area contributed by atoms with Crippen LogP contribution in [0.4, 0.5) is 4.79 Å². The van der Waals surface area contributed by atoms with Crippen LogP contribution in [0, 0.1) is 0 Å². The van der Waals surface area contributed by atoms with Gasteiger partial charge >= 0.3 is 12.0 Å². The third kappa shape index (κ3) is 9.00. The van der Waals surface area contributed by atoms with E-state index in [1.54, 1.807) is 0 Å². The lowest BCUT2D eigenvalue weighted by molar-refractivity contribution is -0.137. The number of hydrogen-bond donors (Lipinski definition) is 4. The number of nitrogens with one attached hydrogen (secondary N) is 3. The zero-order valence-electron chi connectivity index (χ0n) is 14.3. The molecule has 0 saturated carbocycles. The standard InChI is InChI=1S/C11H21NO3.C5H8N2OS/c1-2-3-4-7-10(13)12-9-6-5-8-11(14)15;8-5-6-3-1-9-2-4(3)7-5/h2-9H2,1H3,(H,12,13)(H,14,15);3-4H,1-2H2,(H2,6,7,8). The van der Waals surface area contributed by atoms with E-state index in [-0.39, 0.29) is 18.4 Å². The van der Waals surface area contributed by atoms with Gasteiger partial charge in [-0.2, -0.15) is 11.8 Å². The fourth-order valence-electron chi connectivity index (χ4n) is 2.47. The van der Waals surface area contributed by atoms with Crippen molar-refractivity contribution in [2.75, 3.05) is 18.1 Å².